The molecular formula is C24H20N2O3S. The van der Waals surface area contributed by atoms with Crippen LogP contribution in [0.5, 0.6) is 0 Å². The molecule has 2 aromatic heterocycles. The van der Waals surface area contributed by atoms with Crippen LogP contribution in [0.15, 0.2) is 60.8 Å². The molecule has 1 N–H and O–H groups in total. The highest BCUT2D eigenvalue weighted by atomic mass is 32.1. The fraction of sp³-hybridized carbons (Fsp3) is 0.167. The van der Waals surface area contributed by atoms with Gasteiger partial charge < -0.3 is 14.6 Å². The molecule has 5 rings (SSSR count). The van der Waals surface area contributed by atoms with E-state index < -0.39 is 5.97 Å². The predicted octanol–water partition coefficient (Wildman–Crippen LogP) is 4.99. The Kier molecular flexibility index (Phi) is 4.64. The van der Waals surface area contributed by atoms with Gasteiger partial charge in [0.1, 0.15) is 0 Å². The SMILES string of the molecule is CCOC(=O)C1=CN(C(=O)c2cc3ccccc3s2)CCc2c1[nH]c1ccccc21. The number of rotatable bonds is 3. The van der Waals surface area contributed by atoms with Gasteiger partial charge in [0.05, 0.1) is 22.8 Å². The maximum Gasteiger partial charge on any atom is 0.341 e. The van der Waals surface area contributed by atoms with Gasteiger partial charge in [-0.2, -0.15) is 0 Å². The van der Waals surface area contributed by atoms with Crippen molar-refractivity contribution in [3.63, 3.8) is 0 Å². The number of ether oxygens (including phenoxy) is 1. The van der Waals surface area contributed by atoms with Gasteiger partial charge in [0.25, 0.3) is 5.91 Å². The first-order chi connectivity index (χ1) is 14.7. The van der Waals surface area contributed by atoms with Gasteiger partial charge in [-0.1, -0.05) is 36.4 Å². The molecule has 4 aromatic rings. The minimum Gasteiger partial charge on any atom is -0.462 e. The van der Waals surface area contributed by atoms with Gasteiger partial charge in [0, 0.05) is 28.3 Å². The summed E-state index contributed by atoms with van der Waals surface area (Å²) in [5.41, 5.74) is 3.13. The number of thiophene rings is 1. The summed E-state index contributed by atoms with van der Waals surface area (Å²) >= 11 is 1.47. The Bertz CT molecular complexity index is 1280. The van der Waals surface area contributed by atoms with Gasteiger partial charge in [-0.3, -0.25) is 4.79 Å². The van der Waals surface area contributed by atoms with Crippen molar-refractivity contribution in [2.45, 2.75) is 13.3 Å². The highest BCUT2D eigenvalue weighted by Gasteiger charge is 2.28. The highest BCUT2D eigenvalue weighted by molar-refractivity contribution is 7.20. The van der Waals surface area contributed by atoms with E-state index >= 15 is 0 Å². The van der Waals surface area contributed by atoms with Crippen molar-refractivity contribution in [1.29, 1.82) is 0 Å². The van der Waals surface area contributed by atoms with Crippen LogP contribution in [0.3, 0.4) is 0 Å². The number of esters is 1. The van der Waals surface area contributed by atoms with Crippen LogP contribution in [0.2, 0.25) is 0 Å². The number of nitrogens with zero attached hydrogens (tertiary/aromatic N) is 1. The van der Waals surface area contributed by atoms with E-state index in [1.54, 1.807) is 18.0 Å². The molecule has 2 aromatic carbocycles. The molecule has 0 radical (unpaired) electrons. The number of para-hydroxylation sites is 1. The van der Waals surface area contributed by atoms with Crippen molar-refractivity contribution in [3.05, 3.63) is 76.9 Å². The van der Waals surface area contributed by atoms with E-state index in [2.05, 4.69) is 4.98 Å². The normalized spacial score (nSPS) is 13.8. The number of carbonyl (C=O) groups is 2. The minimum atomic E-state index is -0.429. The number of hydrogen-bond acceptors (Lipinski definition) is 4. The van der Waals surface area contributed by atoms with E-state index in [9.17, 15) is 9.59 Å². The first-order valence-electron chi connectivity index (χ1n) is 9.94. The van der Waals surface area contributed by atoms with E-state index in [0.29, 0.717) is 23.4 Å². The number of benzene rings is 2. The lowest BCUT2D eigenvalue weighted by Gasteiger charge is -2.16. The number of nitrogens with one attached hydrogen (secondary N) is 1. The van der Waals surface area contributed by atoms with Crippen molar-refractivity contribution >= 4 is 49.8 Å². The molecule has 1 aliphatic heterocycles. The summed E-state index contributed by atoms with van der Waals surface area (Å²) in [6, 6.07) is 17.8. The van der Waals surface area contributed by atoms with Gasteiger partial charge in [0.2, 0.25) is 0 Å². The van der Waals surface area contributed by atoms with Crippen molar-refractivity contribution in [3.8, 4) is 0 Å². The quantitative estimate of drug-likeness (QED) is 0.479. The Labute approximate surface area is 177 Å². The van der Waals surface area contributed by atoms with Crippen LogP contribution in [0, 0.1) is 0 Å². The Morgan fingerprint density at radius 1 is 1.13 bits per heavy atom. The molecule has 1 aliphatic rings. The van der Waals surface area contributed by atoms with Crippen LogP contribution in [0.4, 0.5) is 0 Å². The maximum absolute atomic E-state index is 13.3. The summed E-state index contributed by atoms with van der Waals surface area (Å²) in [6.07, 6.45) is 2.29. The number of aromatic amines is 1. The molecular weight excluding hydrogens is 396 g/mol. The van der Waals surface area contributed by atoms with Crippen molar-refractivity contribution in [1.82, 2.24) is 9.88 Å². The molecule has 0 bridgehead atoms. The van der Waals surface area contributed by atoms with Crippen LogP contribution in [0.1, 0.15) is 27.9 Å². The second-order valence-electron chi connectivity index (χ2n) is 7.18. The van der Waals surface area contributed by atoms with Gasteiger partial charge in [-0.25, -0.2) is 4.79 Å². The minimum absolute atomic E-state index is 0.104. The van der Waals surface area contributed by atoms with Crippen LogP contribution in [-0.4, -0.2) is 34.9 Å². The van der Waals surface area contributed by atoms with E-state index in [1.165, 1.54) is 11.3 Å². The standard InChI is InChI=1S/C24H20N2O3S/c1-2-29-24(28)18-14-26(23(27)21-13-15-7-3-6-10-20(15)30-21)12-11-17-16-8-4-5-9-19(16)25-22(17)18/h3-10,13-14,25H,2,11-12H2,1H3. The van der Waals surface area contributed by atoms with Crippen molar-refractivity contribution < 1.29 is 14.3 Å². The molecule has 0 aliphatic carbocycles. The Hall–Kier alpha value is -3.38. The smallest absolute Gasteiger partial charge is 0.341 e. The molecule has 0 fully saturated rings. The molecule has 6 heteroatoms. The van der Waals surface area contributed by atoms with Crippen molar-refractivity contribution in [2.75, 3.05) is 13.2 Å². The molecule has 5 nitrogen and oxygen atoms in total. The molecule has 0 saturated carbocycles. The lowest BCUT2D eigenvalue weighted by molar-refractivity contribution is -0.136. The highest BCUT2D eigenvalue weighted by Crippen LogP contribution is 2.33. The van der Waals surface area contributed by atoms with Crippen molar-refractivity contribution in [2.24, 2.45) is 0 Å². The zero-order chi connectivity index (χ0) is 20.7. The molecule has 0 saturated heterocycles. The number of H-pyrrole nitrogens is 1. The van der Waals surface area contributed by atoms with Crippen LogP contribution < -0.4 is 0 Å². The Morgan fingerprint density at radius 3 is 2.77 bits per heavy atom. The number of aromatic nitrogens is 1. The van der Waals surface area contributed by atoms with Gasteiger partial charge in [-0.05, 0) is 42.5 Å². The monoisotopic (exact) mass is 416 g/mol. The molecule has 0 unspecified atom stereocenters. The molecule has 150 valence electrons. The van der Waals surface area contributed by atoms with Gasteiger partial charge in [-0.15, -0.1) is 11.3 Å². The molecule has 0 atom stereocenters. The summed E-state index contributed by atoms with van der Waals surface area (Å²) in [5, 5.41) is 2.12. The van der Waals surface area contributed by atoms with Gasteiger partial charge in [0.15, 0.2) is 0 Å². The fourth-order valence-electron chi connectivity index (χ4n) is 3.96. The average molecular weight is 417 g/mol. The number of hydrogen-bond donors (Lipinski definition) is 1. The van der Waals surface area contributed by atoms with Crippen LogP contribution in [0.25, 0.3) is 26.6 Å². The number of fused-ring (bicyclic) bond motifs is 4. The second kappa shape index (κ2) is 7.46. The average Bonchev–Trinajstić information content (AvgIpc) is 3.30. The van der Waals surface area contributed by atoms with E-state index in [4.69, 9.17) is 4.74 Å². The zero-order valence-electron chi connectivity index (χ0n) is 16.5. The largest absolute Gasteiger partial charge is 0.462 e. The molecule has 30 heavy (non-hydrogen) atoms. The third kappa shape index (κ3) is 3.09. The lowest BCUT2D eigenvalue weighted by atomic mass is 10.0. The maximum atomic E-state index is 13.3. The summed E-state index contributed by atoms with van der Waals surface area (Å²) < 4.78 is 6.38. The zero-order valence-corrected chi connectivity index (χ0v) is 17.3. The van der Waals surface area contributed by atoms with E-state index in [0.717, 1.165) is 32.2 Å². The van der Waals surface area contributed by atoms with Crippen LogP contribution >= 0.6 is 11.3 Å². The van der Waals surface area contributed by atoms with E-state index in [-0.39, 0.29) is 12.5 Å². The Balaban J connectivity index is 1.59. The fourth-order valence-corrected chi connectivity index (χ4v) is 4.98. The summed E-state index contributed by atoms with van der Waals surface area (Å²) in [5.74, 6) is -0.534. The molecule has 3 heterocycles. The Morgan fingerprint density at radius 2 is 1.93 bits per heavy atom. The number of carbonyl (C=O) groups excluding carboxylic acids is 2. The molecule has 0 spiro atoms. The first kappa shape index (κ1) is 18.6. The summed E-state index contributed by atoms with van der Waals surface area (Å²) in [4.78, 5) is 31.8. The third-order valence-electron chi connectivity index (χ3n) is 5.36. The summed E-state index contributed by atoms with van der Waals surface area (Å²) in [6.45, 7) is 2.54. The van der Waals surface area contributed by atoms with Crippen LogP contribution in [-0.2, 0) is 16.0 Å². The number of amides is 1. The topological polar surface area (TPSA) is 62.4 Å². The summed E-state index contributed by atoms with van der Waals surface area (Å²) in [7, 11) is 0. The predicted molar refractivity (Wildman–Crippen MR) is 119 cm³/mol. The lowest BCUT2D eigenvalue weighted by Crippen LogP contribution is -2.27. The van der Waals surface area contributed by atoms with Gasteiger partial charge >= 0.3 is 5.97 Å². The third-order valence-corrected chi connectivity index (χ3v) is 6.47. The second-order valence-corrected chi connectivity index (χ2v) is 8.27. The first-order valence-corrected chi connectivity index (χ1v) is 10.8. The van der Waals surface area contributed by atoms with E-state index in [1.807, 2.05) is 54.6 Å². The molecule has 1 amide bonds.